The van der Waals surface area contributed by atoms with Gasteiger partial charge in [-0.1, -0.05) is 13.0 Å². The third-order valence-electron chi connectivity index (χ3n) is 3.56. The molecule has 0 radical (unpaired) electrons. The van der Waals surface area contributed by atoms with Gasteiger partial charge in [-0.15, -0.1) is 0 Å². The summed E-state index contributed by atoms with van der Waals surface area (Å²) >= 11 is 0. The molecule has 1 aromatic carbocycles. The van der Waals surface area contributed by atoms with Crippen molar-refractivity contribution in [1.29, 1.82) is 0 Å². The average molecular weight is 330 g/mol. The molecule has 0 aliphatic carbocycles. The molecule has 1 heterocycles. The second-order valence-corrected chi connectivity index (χ2v) is 5.48. The smallest absolute Gasteiger partial charge is 0.160 e. The Bertz CT molecular complexity index is 661. The van der Waals surface area contributed by atoms with Crippen LogP contribution in [-0.2, 0) is 6.42 Å². The highest BCUT2D eigenvalue weighted by molar-refractivity contribution is 5.48. The molecule has 2 rings (SSSR count). The SMILES string of the molecule is CCCNc1cc(NCCc2ccc(OC)c(OC)c2)nc(C)n1. The summed E-state index contributed by atoms with van der Waals surface area (Å²) in [4.78, 5) is 8.81. The molecule has 0 unspecified atom stereocenters. The quantitative estimate of drug-likeness (QED) is 0.735. The maximum absolute atomic E-state index is 5.34. The van der Waals surface area contributed by atoms with Crippen LogP contribution in [0.5, 0.6) is 11.5 Å². The van der Waals surface area contributed by atoms with Gasteiger partial charge in [-0.3, -0.25) is 0 Å². The van der Waals surface area contributed by atoms with Crippen LogP contribution in [0, 0.1) is 6.92 Å². The Morgan fingerprint density at radius 2 is 1.58 bits per heavy atom. The molecular formula is C18H26N4O2. The number of aryl methyl sites for hydroxylation is 1. The van der Waals surface area contributed by atoms with Crippen molar-refractivity contribution in [3.63, 3.8) is 0 Å². The van der Waals surface area contributed by atoms with Gasteiger partial charge >= 0.3 is 0 Å². The third kappa shape index (κ3) is 5.01. The first-order valence-corrected chi connectivity index (χ1v) is 8.20. The summed E-state index contributed by atoms with van der Waals surface area (Å²) in [5, 5.41) is 6.64. The molecule has 6 heteroatoms. The van der Waals surface area contributed by atoms with E-state index in [9.17, 15) is 0 Å². The van der Waals surface area contributed by atoms with Crippen molar-refractivity contribution in [2.24, 2.45) is 0 Å². The first-order valence-electron chi connectivity index (χ1n) is 8.20. The van der Waals surface area contributed by atoms with Crippen LogP contribution >= 0.6 is 0 Å². The molecule has 0 amide bonds. The van der Waals surface area contributed by atoms with E-state index in [0.29, 0.717) is 0 Å². The van der Waals surface area contributed by atoms with Crippen molar-refractivity contribution in [3.8, 4) is 11.5 Å². The number of hydrogen-bond acceptors (Lipinski definition) is 6. The highest BCUT2D eigenvalue weighted by Gasteiger charge is 2.05. The van der Waals surface area contributed by atoms with E-state index >= 15 is 0 Å². The van der Waals surface area contributed by atoms with Gasteiger partial charge in [0.15, 0.2) is 11.5 Å². The minimum absolute atomic E-state index is 0.743. The predicted octanol–water partition coefficient (Wildman–Crippen LogP) is 3.28. The molecule has 0 spiro atoms. The van der Waals surface area contributed by atoms with Crippen LogP contribution in [0.4, 0.5) is 11.6 Å². The first-order chi connectivity index (χ1) is 11.7. The largest absolute Gasteiger partial charge is 0.493 e. The average Bonchev–Trinajstić information content (AvgIpc) is 2.59. The van der Waals surface area contributed by atoms with E-state index in [0.717, 1.165) is 54.9 Å². The fourth-order valence-corrected chi connectivity index (χ4v) is 2.37. The lowest BCUT2D eigenvalue weighted by atomic mass is 10.1. The number of ether oxygens (including phenoxy) is 2. The van der Waals surface area contributed by atoms with E-state index < -0.39 is 0 Å². The van der Waals surface area contributed by atoms with Crippen molar-refractivity contribution in [3.05, 3.63) is 35.7 Å². The van der Waals surface area contributed by atoms with Crippen molar-refractivity contribution in [2.75, 3.05) is 37.9 Å². The van der Waals surface area contributed by atoms with Gasteiger partial charge in [0, 0.05) is 19.2 Å². The predicted molar refractivity (Wildman–Crippen MR) is 97.3 cm³/mol. The molecule has 0 aliphatic rings. The number of benzene rings is 1. The molecule has 0 fully saturated rings. The topological polar surface area (TPSA) is 68.3 Å². The van der Waals surface area contributed by atoms with Crippen molar-refractivity contribution in [1.82, 2.24) is 9.97 Å². The van der Waals surface area contributed by atoms with Crippen molar-refractivity contribution in [2.45, 2.75) is 26.7 Å². The molecule has 0 saturated heterocycles. The minimum Gasteiger partial charge on any atom is -0.493 e. The zero-order valence-corrected chi connectivity index (χ0v) is 14.8. The van der Waals surface area contributed by atoms with Gasteiger partial charge < -0.3 is 20.1 Å². The third-order valence-corrected chi connectivity index (χ3v) is 3.56. The number of rotatable bonds is 9. The zero-order chi connectivity index (χ0) is 17.4. The Balaban J connectivity index is 1.95. The van der Waals surface area contributed by atoms with E-state index in [1.807, 2.05) is 31.2 Å². The summed E-state index contributed by atoms with van der Waals surface area (Å²) < 4.78 is 10.6. The van der Waals surface area contributed by atoms with E-state index in [2.05, 4.69) is 27.5 Å². The Hall–Kier alpha value is -2.50. The molecule has 1 aromatic heterocycles. The van der Waals surface area contributed by atoms with Gasteiger partial charge in [0.2, 0.25) is 0 Å². The number of anilines is 2. The van der Waals surface area contributed by atoms with Gasteiger partial charge in [-0.2, -0.15) is 0 Å². The number of aromatic nitrogens is 2. The van der Waals surface area contributed by atoms with Gasteiger partial charge in [-0.25, -0.2) is 9.97 Å². The lowest BCUT2D eigenvalue weighted by molar-refractivity contribution is 0.354. The van der Waals surface area contributed by atoms with E-state index in [1.54, 1.807) is 14.2 Å². The second kappa shape index (κ2) is 8.96. The summed E-state index contributed by atoms with van der Waals surface area (Å²) in [6.45, 7) is 5.71. The van der Waals surface area contributed by atoms with E-state index in [1.165, 1.54) is 5.56 Å². The number of hydrogen-bond donors (Lipinski definition) is 2. The zero-order valence-electron chi connectivity index (χ0n) is 14.8. The molecule has 130 valence electrons. The highest BCUT2D eigenvalue weighted by Crippen LogP contribution is 2.27. The van der Waals surface area contributed by atoms with E-state index in [-0.39, 0.29) is 0 Å². The van der Waals surface area contributed by atoms with E-state index in [4.69, 9.17) is 9.47 Å². The maximum Gasteiger partial charge on any atom is 0.160 e. The molecule has 0 atom stereocenters. The summed E-state index contributed by atoms with van der Waals surface area (Å²) in [5.41, 5.74) is 1.18. The number of nitrogens with one attached hydrogen (secondary N) is 2. The van der Waals surface area contributed by atoms with Crippen molar-refractivity contribution >= 4 is 11.6 Å². The number of nitrogens with zero attached hydrogens (tertiary/aromatic N) is 2. The lowest BCUT2D eigenvalue weighted by Crippen LogP contribution is -2.10. The summed E-state index contributed by atoms with van der Waals surface area (Å²) in [6, 6.07) is 7.91. The summed E-state index contributed by atoms with van der Waals surface area (Å²) in [5.74, 6) is 3.94. The molecule has 24 heavy (non-hydrogen) atoms. The van der Waals surface area contributed by atoms with Gasteiger partial charge in [0.25, 0.3) is 0 Å². The van der Waals surface area contributed by atoms with Crippen LogP contribution in [0.25, 0.3) is 0 Å². The summed E-state index contributed by atoms with van der Waals surface area (Å²) in [7, 11) is 3.29. The van der Waals surface area contributed by atoms with Crippen LogP contribution < -0.4 is 20.1 Å². The van der Waals surface area contributed by atoms with Crippen LogP contribution in [-0.4, -0.2) is 37.3 Å². The molecule has 2 aromatic rings. The van der Waals surface area contributed by atoms with Gasteiger partial charge in [-0.05, 0) is 37.5 Å². The fourth-order valence-electron chi connectivity index (χ4n) is 2.37. The second-order valence-electron chi connectivity index (χ2n) is 5.48. The van der Waals surface area contributed by atoms with Gasteiger partial charge in [0.05, 0.1) is 14.2 Å². The van der Waals surface area contributed by atoms with Crippen LogP contribution in [0.2, 0.25) is 0 Å². The molecule has 2 N–H and O–H groups in total. The normalized spacial score (nSPS) is 10.3. The molecule has 0 bridgehead atoms. The van der Waals surface area contributed by atoms with Crippen LogP contribution in [0.1, 0.15) is 24.7 Å². The first kappa shape index (κ1) is 17.8. The molecule has 0 saturated carbocycles. The molecule has 0 aliphatic heterocycles. The standard InChI is InChI=1S/C18H26N4O2/c1-5-9-19-17-12-18(22-13(2)21-17)20-10-8-14-6-7-15(23-3)16(11-14)24-4/h6-7,11-12H,5,8-10H2,1-4H3,(H2,19,20,21,22). The Labute approximate surface area is 143 Å². The Kier molecular flexibility index (Phi) is 6.66. The highest BCUT2D eigenvalue weighted by atomic mass is 16.5. The Morgan fingerprint density at radius 1 is 0.917 bits per heavy atom. The number of methoxy groups -OCH3 is 2. The summed E-state index contributed by atoms with van der Waals surface area (Å²) in [6.07, 6.45) is 1.92. The lowest BCUT2D eigenvalue weighted by Gasteiger charge is -2.11. The fraction of sp³-hybridized carbons (Fsp3) is 0.444. The minimum atomic E-state index is 0.743. The molecular weight excluding hydrogens is 304 g/mol. The van der Waals surface area contributed by atoms with Gasteiger partial charge in [0.1, 0.15) is 17.5 Å². The van der Waals surface area contributed by atoms with Crippen LogP contribution in [0.15, 0.2) is 24.3 Å². The molecule has 6 nitrogen and oxygen atoms in total. The van der Waals surface area contributed by atoms with Crippen molar-refractivity contribution < 1.29 is 9.47 Å². The van der Waals surface area contributed by atoms with Crippen LogP contribution in [0.3, 0.4) is 0 Å². The monoisotopic (exact) mass is 330 g/mol. The maximum atomic E-state index is 5.34. The Morgan fingerprint density at radius 3 is 2.21 bits per heavy atom.